The average molecular weight is 147 g/mol. The van der Waals surface area contributed by atoms with Gasteiger partial charge in [-0.15, -0.1) is 0 Å². The van der Waals surface area contributed by atoms with E-state index in [-0.39, 0.29) is 0 Å². The van der Waals surface area contributed by atoms with Gasteiger partial charge in [-0.1, -0.05) is 36.9 Å². The van der Waals surface area contributed by atoms with E-state index in [0.29, 0.717) is 0 Å². The monoisotopic (exact) mass is 147 g/mol. The Bertz CT molecular complexity index is 226. The summed E-state index contributed by atoms with van der Waals surface area (Å²) in [5.74, 6) is 0. The van der Waals surface area contributed by atoms with Crippen molar-refractivity contribution in [3.05, 3.63) is 48.2 Å². The van der Waals surface area contributed by atoms with E-state index < -0.39 is 0 Å². The Morgan fingerprint density at radius 2 is 2.00 bits per heavy atom. The second-order valence-corrected chi connectivity index (χ2v) is 2.62. The summed E-state index contributed by atoms with van der Waals surface area (Å²) in [6.07, 6.45) is 0. The highest BCUT2D eigenvalue weighted by Gasteiger charge is 1.87. The Balaban J connectivity index is 2.45. The summed E-state index contributed by atoms with van der Waals surface area (Å²) >= 11 is 0. The fourth-order valence-corrected chi connectivity index (χ4v) is 0.849. The van der Waals surface area contributed by atoms with Gasteiger partial charge in [-0.2, -0.15) is 0 Å². The molecule has 1 aromatic rings. The Morgan fingerprint density at radius 1 is 1.36 bits per heavy atom. The molecule has 0 heterocycles. The zero-order valence-electron chi connectivity index (χ0n) is 6.80. The van der Waals surface area contributed by atoms with E-state index in [1.165, 1.54) is 5.56 Å². The predicted octanol–water partition coefficient (Wildman–Crippen LogP) is 2.31. The second kappa shape index (κ2) is 3.81. The van der Waals surface area contributed by atoms with Crippen molar-refractivity contribution < 1.29 is 0 Å². The van der Waals surface area contributed by atoms with Crippen molar-refractivity contribution in [2.75, 3.05) is 0 Å². The van der Waals surface area contributed by atoms with Crippen molar-refractivity contribution in [1.29, 1.82) is 0 Å². The molecule has 0 saturated heterocycles. The summed E-state index contributed by atoms with van der Waals surface area (Å²) in [5.41, 5.74) is 2.30. The molecule has 0 aliphatic rings. The molecular formula is C10H13N. The van der Waals surface area contributed by atoms with E-state index in [1.807, 2.05) is 25.1 Å². The van der Waals surface area contributed by atoms with Crippen LogP contribution in [-0.4, -0.2) is 0 Å². The molecule has 0 aromatic heterocycles. The Labute approximate surface area is 67.8 Å². The SMILES string of the molecule is C=C(C)NCc1ccccc1. The first-order valence-corrected chi connectivity index (χ1v) is 3.72. The molecule has 0 atom stereocenters. The van der Waals surface area contributed by atoms with E-state index in [1.54, 1.807) is 0 Å². The van der Waals surface area contributed by atoms with Crippen molar-refractivity contribution in [2.45, 2.75) is 13.5 Å². The van der Waals surface area contributed by atoms with Gasteiger partial charge in [-0.3, -0.25) is 0 Å². The van der Waals surface area contributed by atoms with Crippen LogP contribution in [0.4, 0.5) is 0 Å². The van der Waals surface area contributed by atoms with Crippen LogP contribution in [0.15, 0.2) is 42.6 Å². The lowest BCUT2D eigenvalue weighted by Crippen LogP contribution is -2.08. The third-order valence-corrected chi connectivity index (χ3v) is 1.44. The summed E-state index contributed by atoms with van der Waals surface area (Å²) in [6.45, 7) is 6.59. The van der Waals surface area contributed by atoms with Gasteiger partial charge in [0.05, 0.1) is 0 Å². The lowest BCUT2D eigenvalue weighted by molar-refractivity contribution is 0.816. The van der Waals surface area contributed by atoms with Crippen molar-refractivity contribution in [2.24, 2.45) is 0 Å². The van der Waals surface area contributed by atoms with Crippen molar-refractivity contribution in [1.82, 2.24) is 5.32 Å². The molecule has 0 saturated carbocycles. The summed E-state index contributed by atoms with van der Waals surface area (Å²) in [4.78, 5) is 0. The van der Waals surface area contributed by atoms with Gasteiger partial charge in [0.25, 0.3) is 0 Å². The molecule has 0 radical (unpaired) electrons. The van der Waals surface area contributed by atoms with E-state index in [0.717, 1.165) is 12.2 Å². The smallest absolute Gasteiger partial charge is 0.0397 e. The molecule has 1 heteroatoms. The van der Waals surface area contributed by atoms with E-state index in [2.05, 4.69) is 24.0 Å². The minimum atomic E-state index is 0.871. The number of benzene rings is 1. The van der Waals surface area contributed by atoms with E-state index >= 15 is 0 Å². The molecule has 0 aliphatic heterocycles. The number of hydrogen-bond donors (Lipinski definition) is 1. The van der Waals surface area contributed by atoms with Crippen molar-refractivity contribution in [3.63, 3.8) is 0 Å². The minimum Gasteiger partial charge on any atom is -0.385 e. The molecule has 1 rings (SSSR count). The average Bonchev–Trinajstić information content (AvgIpc) is 2.03. The molecule has 0 bridgehead atoms. The lowest BCUT2D eigenvalue weighted by atomic mass is 10.2. The quantitative estimate of drug-likeness (QED) is 0.691. The third-order valence-electron chi connectivity index (χ3n) is 1.44. The topological polar surface area (TPSA) is 12.0 Å². The van der Waals surface area contributed by atoms with Gasteiger partial charge in [0.1, 0.15) is 0 Å². The van der Waals surface area contributed by atoms with Gasteiger partial charge >= 0.3 is 0 Å². The van der Waals surface area contributed by atoms with Gasteiger partial charge < -0.3 is 5.32 Å². The van der Waals surface area contributed by atoms with Gasteiger partial charge in [0.15, 0.2) is 0 Å². The fraction of sp³-hybridized carbons (Fsp3) is 0.200. The fourth-order valence-electron chi connectivity index (χ4n) is 0.849. The summed E-state index contributed by atoms with van der Waals surface area (Å²) in [6, 6.07) is 10.3. The number of hydrogen-bond acceptors (Lipinski definition) is 1. The standard InChI is InChI=1S/C10H13N/c1-9(2)11-8-10-6-4-3-5-7-10/h3-7,11H,1,8H2,2H3. The van der Waals surface area contributed by atoms with Crippen LogP contribution in [0, 0.1) is 0 Å². The van der Waals surface area contributed by atoms with E-state index in [9.17, 15) is 0 Å². The van der Waals surface area contributed by atoms with Crippen molar-refractivity contribution in [3.8, 4) is 0 Å². The zero-order chi connectivity index (χ0) is 8.10. The van der Waals surface area contributed by atoms with Gasteiger partial charge in [-0.05, 0) is 12.5 Å². The predicted molar refractivity (Wildman–Crippen MR) is 48.1 cm³/mol. The third kappa shape index (κ3) is 2.89. The molecule has 0 spiro atoms. The summed E-state index contributed by atoms with van der Waals surface area (Å²) < 4.78 is 0. The molecular weight excluding hydrogens is 134 g/mol. The maximum atomic E-state index is 3.76. The first-order chi connectivity index (χ1) is 5.29. The lowest BCUT2D eigenvalue weighted by Gasteiger charge is -2.03. The molecule has 0 fully saturated rings. The zero-order valence-corrected chi connectivity index (χ0v) is 6.80. The first kappa shape index (κ1) is 7.86. The maximum absolute atomic E-state index is 3.76. The molecule has 1 N–H and O–H groups in total. The first-order valence-electron chi connectivity index (χ1n) is 3.72. The van der Waals surface area contributed by atoms with Crippen LogP contribution < -0.4 is 5.32 Å². The van der Waals surface area contributed by atoms with Gasteiger partial charge in [0, 0.05) is 12.2 Å². The highest BCUT2D eigenvalue weighted by atomic mass is 14.9. The second-order valence-electron chi connectivity index (χ2n) is 2.62. The molecule has 0 aliphatic carbocycles. The van der Waals surface area contributed by atoms with Crippen LogP contribution in [0.1, 0.15) is 12.5 Å². The van der Waals surface area contributed by atoms with Crippen LogP contribution in [0.5, 0.6) is 0 Å². The maximum Gasteiger partial charge on any atom is 0.0397 e. The van der Waals surface area contributed by atoms with Crippen LogP contribution in [0.3, 0.4) is 0 Å². The molecule has 0 amide bonds. The van der Waals surface area contributed by atoms with Crippen LogP contribution in [-0.2, 0) is 6.54 Å². The Morgan fingerprint density at radius 3 is 2.55 bits per heavy atom. The van der Waals surface area contributed by atoms with Crippen LogP contribution in [0.2, 0.25) is 0 Å². The normalized spacial score (nSPS) is 9.18. The minimum absolute atomic E-state index is 0.871. The Kier molecular flexibility index (Phi) is 2.73. The molecule has 58 valence electrons. The molecule has 1 aromatic carbocycles. The van der Waals surface area contributed by atoms with Gasteiger partial charge in [0.2, 0.25) is 0 Å². The van der Waals surface area contributed by atoms with Crippen LogP contribution in [0.25, 0.3) is 0 Å². The number of nitrogens with one attached hydrogen (secondary N) is 1. The Hall–Kier alpha value is -1.24. The van der Waals surface area contributed by atoms with Crippen LogP contribution >= 0.6 is 0 Å². The highest BCUT2D eigenvalue weighted by Crippen LogP contribution is 1.97. The molecule has 11 heavy (non-hydrogen) atoms. The summed E-state index contributed by atoms with van der Waals surface area (Å²) in [7, 11) is 0. The number of rotatable bonds is 3. The molecule has 0 unspecified atom stereocenters. The van der Waals surface area contributed by atoms with Crippen molar-refractivity contribution >= 4 is 0 Å². The number of allylic oxidation sites excluding steroid dienone is 1. The van der Waals surface area contributed by atoms with E-state index in [4.69, 9.17) is 0 Å². The molecule has 1 nitrogen and oxygen atoms in total. The summed E-state index contributed by atoms with van der Waals surface area (Å²) in [5, 5.41) is 3.17. The van der Waals surface area contributed by atoms with Gasteiger partial charge in [-0.25, -0.2) is 0 Å². The largest absolute Gasteiger partial charge is 0.385 e. The highest BCUT2D eigenvalue weighted by molar-refractivity contribution is 5.14.